The molecule has 0 saturated carbocycles. The lowest BCUT2D eigenvalue weighted by Gasteiger charge is -2.14. The van der Waals surface area contributed by atoms with Crippen LogP contribution in [0.2, 0.25) is 0 Å². The predicted octanol–water partition coefficient (Wildman–Crippen LogP) is 4.14. The van der Waals surface area contributed by atoms with Gasteiger partial charge in [0.05, 0.1) is 29.0 Å². The van der Waals surface area contributed by atoms with Crippen molar-refractivity contribution in [2.75, 3.05) is 5.32 Å². The number of hydrogen-bond donors (Lipinski definition) is 2. The van der Waals surface area contributed by atoms with Gasteiger partial charge in [0.1, 0.15) is 23.7 Å². The third-order valence-electron chi connectivity index (χ3n) is 5.41. The summed E-state index contributed by atoms with van der Waals surface area (Å²) in [7, 11) is 0. The van der Waals surface area contributed by atoms with E-state index < -0.39 is 12.5 Å². The van der Waals surface area contributed by atoms with E-state index in [4.69, 9.17) is 0 Å². The lowest BCUT2D eigenvalue weighted by Crippen LogP contribution is -2.11. The van der Waals surface area contributed by atoms with Crippen LogP contribution in [0.3, 0.4) is 0 Å². The summed E-state index contributed by atoms with van der Waals surface area (Å²) in [4.78, 5) is 13.5. The number of halogens is 2. The molecule has 5 aromatic heterocycles. The zero-order valence-corrected chi connectivity index (χ0v) is 19.1. The van der Waals surface area contributed by atoms with E-state index in [2.05, 4.69) is 35.6 Å². The van der Waals surface area contributed by atoms with Crippen molar-refractivity contribution in [1.29, 1.82) is 0 Å². The second kappa shape index (κ2) is 8.80. The van der Waals surface area contributed by atoms with Crippen molar-refractivity contribution >= 4 is 22.7 Å². The topological polar surface area (TPSA) is 119 Å². The van der Waals surface area contributed by atoms with Gasteiger partial charge in [0, 0.05) is 17.3 Å². The molecule has 5 aromatic rings. The van der Waals surface area contributed by atoms with Gasteiger partial charge in [0.25, 0.3) is 6.43 Å². The number of nitrogens with one attached hydrogen (secondary N) is 1. The number of pyridine rings is 2. The number of imidazole rings is 1. The molecule has 35 heavy (non-hydrogen) atoms. The zero-order valence-electron chi connectivity index (χ0n) is 19.1. The summed E-state index contributed by atoms with van der Waals surface area (Å²) in [5.74, 6) is 1.82. The molecule has 0 amide bonds. The van der Waals surface area contributed by atoms with Crippen LogP contribution in [0.1, 0.15) is 42.1 Å². The molecule has 1 atom stereocenters. The van der Waals surface area contributed by atoms with Crippen molar-refractivity contribution in [2.24, 2.45) is 0 Å². The van der Waals surface area contributed by atoms with E-state index in [1.165, 1.54) is 10.7 Å². The molecule has 5 heterocycles. The van der Waals surface area contributed by atoms with Crippen molar-refractivity contribution in [1.82, 2.24) is 39.5 Å². The Morgan fingerprint density at radius 1 is 1.00 bits per heavy atom. The van der Waals surface area contributed by atoms with Gasteiger partial charge in [-0.05, 0) is 51.1 Å². The minimum absolute atomic E-state index is 0.257. The van der Waals surface area contributed by atoms with Gasteiger partial charge < -0.3 is 10.4 Å². The number of alkyl halides is 2. The Hall–Kier alpha value is -4.32. The van der Waals surface area contributed by atoms with Gasteiger partial charge in [0.15, 0.2) is 11.6 Å². The molecule has 1 unspecified atom stereocenters. The van der Waals surface area contributed by atoms with Crippen molar-refractivity contribution in [3.63, 3.8) is 0 Å². The van der Waals surface area contributed by atoms with Gasteiger partial charge in [-0.15, -0.1) is 5.10 Å². The fraction of sp³-hybridized carbons (Fsp3) is 0.217. The molecule has 0 fully saturated rings. The maximum Gasteiger partial charge on any atom is 0.282 e. The highest BCUT2D eigenvalue weighted by molar-refractivity contribution is 5.79. The third kappa shape index (κ3) is 4.30. The van der Waals surface area contributed by atoms with Crippen LogP contribution in [0.15, 0.2) is 48.9 Å². The summed E-state index contributed by atoms with van der Waals surface area (Å²) in [5, 5.41) is 25.4. The van der Waals surface area contributed by atoms with Gasteiger partial charge in [-0.1, -0.05) is 0 Å². The van der Waals surface area contributed by atoms with E-state index in [0.29, 0.717) is 39.7 Å². The maximum atomic E-state index is 13.2. The maximum absolute atomic E-state index is 13.2. The van der Waals surface area contributed by atoms with Gasteiger partial charge in [0.2, 0.25) is 0 Å². The van der Waals surface area contributed by atoms with Crippen molar-refractivity contribution in [2.45, 2.75) is 33.3 Å². The number of aryl methyl sites for hydroxylation is 2. The fourth-order valence-corrected chi connectivity index (χ4v) is 3.65. The number of aliphatic hydroxyl groups excluding tert-OH is 1. The Morgan fingerprint density at radius 2 is 1.83 bits per heavy atom. The predicted molar refractivity (Wildman–Crippen MR) is 124 cm³/mol. The molecule has 5 rings (SSSR count). The molecule has 0 aromatic carbocycles. The molecule has 2 N–H and O–H groups in total. The van der Waals surface area contributed by atoms with Gasteiger partial charge in [-0.25, -0.2) is 28.4 Å². The number of hydrogen-bond acceptors (Lipinski definition) is 8. The van der Waals surface area contributed by atoms with Gasteiger partial charge in [-0.3, -0.25) is 4.57 Å². The fourth-order valence-electron chi connectivity index (χ4n) is 3.65. The van der Waals surface area contributed by atoms with E-state index in [-0.39, 0.29) is 11.5 Å². The first-order valence-electron chi connectivity index (χ1n) is 10.7. The molecule has 0 aliphatic rings. The van der Waals surface area contributed by atoms with Crippen LogP contribution >= 0.6 is 0 Å². The number of aromatic nitrogens is 8. The molecular weight excluding hydrogens is 456 g/mol. The van der Waals surface area contributed by atoms with E-state index in [0.717, 1.165) is 5.69 Å². The summed E-state index contributed by atoms with van der Waals surface area (Å²) < 4.78 is 29.5. The first-order chi connectivity index (χ1) is 16.8. The van der Waals surface area contributed by atoms with Crippen LogP contribution in [0.5, 0.6) is 0 Å². The number of anilines is 2. The standard InChI is InChI=1S/C23H21F2N9O/c1-12-4-6-19(31-30-12)28-20-9-16-18(10-26-20)33(11-27-16)21-7-5-15(14(3)35)23(29-21)34-13(2)8-17(32-34)22(24)25/h4-11,14,22,35H,1-3H3,(H,26,28,31). The van der Waals surface area contributed by atoms with Crippen LogP contribution in [0, 0.1) is 13.8 Å². The zero-order chi connectivity index (χ0) is 24.7. The van der Waals surface area contributed by atoms with Crippen LogP contribution in [-0.2, 0) is 0 Å². The van der Waals surface area contributed by atoms with Crippen LogP contribution in [0.4, 0.5) is 20.4 Å². The first-order valence-corrected chi connectivity index (χ1v) is 10.7. The van der Waals surface area contributed by atoms with E-state index in [1.807, 2.05) is 13.0 Å². The molecule has 0 saturated heterocycles. The molecule has 0 spiro atoms. The van der Waals surface area contributed by atoms with E-state index in [9.17, 15) is 13.9 Å². The monoisotopic (exact) mass is 477 g/mol. The Morgan fingerprint density at radius 3 is 2.51 bits per heavy atom. The Balaban J connectivity index is 1.54. The average molecular weight is 477 g/mol. The number of aliphatic hydroxyl groups is 1. The minimum Gasteiger partial charge on any atom is -0.389 e. The lowest BCUT2D eigenvalue weighted by molar-refractivity contribution is 0.145. The van der Waals surface area contributed by atoms with Gasteiger partial charge in [-0.2, -0.15) is 10.2 Å². The molecule has 178 valence electrons. The third-order valence-corrected chi connectivity index (χ3v) is 5.41. The summed E-state index contributed by atoms with van der Waals surface area (Å²) >= 11 is 0. The highest BCUT2D eigenvalue weighted by Crippen LogP contribution is 2.27. The lowest BCUT2D eigenvalue weighted by atomic mass is 10.1. The minimum atomic E-state index is -2.72. The smallest absolute Gasteiger partial charge is 0.282 e. The summed E-state index contributed by atoms with van der Waals surface area (Å²) in [5.41, 5.74) is 2.71. The van der Waals surface area contributed by atoms with Crippen molar-refractivity contribution in [3.8, 4) is 11.6 Å². The Kier molecular flexibility index (Phi) is 5.65. The molecule has 0 radical (unpaired) electrons. The second-order valence-corrected chi connectivity index (χ2v) is 8.04. The van der Waals surface area contributed by atoms with Crippen LogP contribution < -0.4 is 5.32 Å². The molecule has 0 aliphatic carbocycles. The first kappa shape index (κ1) is 22.5. The molecule has 0 aliphatic heterocycles. The van der Waals surface area contributed by atoms with Crippen molar-refractivity contribution < 1.29 is 13.9 Å². The normalized spacial score (nSPS) is 12.4. The van der Waals surface area contributed by atoms with Crippen LogP contribution in [-0.4, -0.2) is 44.6 Å². The largest absolute Gasteiger partial charge is 0.389 e. The van der Waals surface area contributed by atoms with E-state index >= 15 is 0 Å². The quantitative estimate of drug-likeness (QED) is 0.374. The highest BCUT2D eigenvalue weighted by atomic mass is 19.3. The van der Waals surface area contributed by atoms with Crippen LogP contribution in [0.25, 0.3) is 22.7 Å². The molecule has 10 nitrogen and oxygen atoms in total. The molecule has 12 heteroatoms. The Bertz CT molecular complexity index is 1510. The summed E-state index contributed by atoms with van der Waals surface area (Å²) in [6.45, 7) is 5.09. The number of fused-ring (bicyclic) bond motifs is 1. The van der Waals surface area contributed by atoms with Crippen molar-refractivity contribution in [3.05, 3.63) is 71.6 Å². The summed E-state index contributed by atoms with van der Waals surface area (Å²) in [6, 6.07) is 10.1. The second-order valence-electron chi connectivity index (χ2n) is 8.04. The molecular formula is C23H21F2N9O. The number of nitrogens with zero attached hydrogens (tertiary/aromatic N) is 8. The average Bonchev–Trinajstić information content (AvgIpc) is 3.43. The van der Waals surface area contributed by atoms with Gasteiger partial charge >= 0.3 is 0 Å². The van der Waals surface area contributed by atoms with E-state index in [1.54, 1.807) is 55.2 Å². The number of rotatable bonds is 6. The SMILES string of the molecule is Cc1ccc(Nc2cc3ncn(-c4ccc(C(C)O)c(-n5nc(C(F)F)cc5C)n4)c3cn2)nn1. The summed E-state index contributed by atoms with van der Waals surface area (Å²) in [6.07, 6.45) is -0.365. The molecule has 0 bridgehead atoms. The Labute approximate surface area is 198 Å². The highest BCUT2D eigenvalue weighted by Gasteiger charge is 2.20.